The van der Waals surface area contributed by atoms with Crippen molar-refractivity contribution in [3.63, 3.8) is 0 Å². The van der Waals surface area contributed by atoms with E-state index < -0.39 is 0 Å². The third-order valence-corrected chi connectivity index (χ3v) is 2.70. The van der Waals surface area contributed by atoms with Crippen LogP contribution in [-0.4, -0.2) is 11.7 Å². The number of aryl methyl sites for hydroxylation is 1. The summed E-state index contributed by atoms with van der Waals surface area (Å²) >= 11 is 3.34. The normalized spacial score (nSPS) is 14.9. The number of pyridine rings is 1. The van der Waals surface area contributed by atoms with Crippen molar-refractivity contribution in [1.82, 2.24) is 0 Å². The minimum Gasteiger partial charge on any atom is -0.763 e. The quantitative estimate of drug-likeness (QED) is 0.391. The Morgan fingerprint density at radius 3 is 3.00 bits per heavy atom. The van der Waals surface area contributed by atoms with Crippen molar-refractivity contribution in [1.29, 1.82) is 0 Å². The van der Waals surface area contributed by atoms with Gasteiger partial charge in [-0.3, -0.25) is 10.7 Å². The van der Waals surface area contributed by atoms with E-state index in [1.54, 1.807) is 6.07 Å². The Balaban J connectivity index is 2.57. The van der Waals surface area contributed by atoms with Crippen LogP contribution in [0.3, 0.4) is 0 Å². The van der Waals surface area contributed by atoms with Gasteiger partial charge in [0.25, 0.3) is 11.5 Å². The Bertz CT molecular complexity index is 461. The lowest BCUT2D eigenvalue weighted by Gasteiger charge is -2.11. The number of carbonyl (C=O) groups is 1. The molecule has 2 heterocycles. The number of fused-ring (bicyclic) bond motifs is 1. The molecule has 0 aliphatic carbocycles. The zero-order chi connectivity index (χ0) is 10.1. The number of hydrogen-bond donors (Lipinski definition) is 0. The van der Waals surface area contributed by atoms with E-state index in [0.717, 1.165) is 4.47 Å². The second-order valence-electron chi connectivity index (χ2n) is 3.10. The largest absolute Gasteiger partial charge is 0.763 e. The fraction of sp³-hybridized carbons (Fsp3) is 0.200. The van der Waals surface area contributed by atoms with Crippen LogP contribution in [0.15, 0.2) is 28.4 Å². The van der Waals surface area contributed by atoms with E-state index in [1.807, 2.05) is 22.7 Å². The lowest BCUT2D eigenvalue weighted by atomic mass is 10.0. The lowest BCUT2D eigenvalue weighted by molar-refractivity contribution is -0.700. The second kappa shape index (κ2) is 3.48. The van der Waals surface area contributed by atoms with Gasteiger partial charge in [-0.1, -0.05) is 0 Å². The summed E-state index contributed by atoms with van der Waals surface area (Å²) in [6, 6.07) is 3.55. The fourth-order valence-electron chi connectivity index (χ4n) is 1.51. The molecule has 14 heavy (non-hydrogen) atoms. The number of Topliss-reactive ketones (excluding diaryl/α,β-unsaturated/α-hetero) is 1. The smallest absolute Gasteiger partial charge is 0.258 e. The molecule has 0 saturated carbocycles. The van der Waals surface area contributed by atoms with E-state index >= 15 is 0 Å². The molecule has 0 spiro atoms. The highest BCUT2D eigenvalue weighted by Gasteiger charge is 2.27. The summed E-state index contributed by atoms with van der Waals surface area (Å²) in [6.45, 7) is 0.698. The molecule has 0 N–H and O–H groups in total. The average molecular weight is 251 g/mol. The minimum absolute atomic E-state index is 0.147. The first-order valence-corrected chi connectivity index (χ1v) is 5.01. The van der Waals surface area contributed by atoms with Crippen molar-refractivity contribution < 1.29 is 9.36 Å². The van der Waals surface area contributed by atoms with Gasteiger partial charge in [-0.2, -0.15) is 4.57 Å². The number of allylic oxidation sites excluding steroid dienone is 1. The average Bonchev–Trinajstić information content (AvgIpc) is 2.18. The Morgan fingerprint density at radius 1 is 1.50 bits per heavy atom. The molecule has 2 rings (SSSR count). The summed E-state index contributed by atoms with van der Waals surface area (Å²) in [4.78, 5) is 11.7. The Labute approximate surface area is 89.7 Å². The molecule has 0 fully saturated rings. The molecule has 0 saturated heterocycles. The van der Waals surface area contributed by atoms with E-state index in [-0.39, 0.29) is 5.78 Å². The van der Waals surface area contributed by atoms with Crippen molar-refractivity contribution >= 4 is 27.6 Å². The highest BCUT2D eigenvalue weighted by molar-refractivity contribution is 9.10. The van der Waals surface area contributed by atoms with Crippen molar-refractivity contribution in [2.75, 3.05) is 0 Å². The zero-order valence-electron chi connectivity index (χ0n) is 7.33. The molecule has 1 aromatic heterocycles. The van der Waals surface area contributed by atoms with Gasteiger partial charge in [0.1, 0.15) is 0 Å². The second-order valence-corrected chi connectivity index (χ2v) is 4.01. The predicted molar refractivity (Wildman–Crippen MR) is 55.2 cm³/mol. The molecule has 0 unspecified atom stereocenters. The van der Waals surface area contributed by atoms with E-state index in [2.05, 4.69) is 15.9 Å². The number of rotatable bonds is 0. The maximum absolute atomic E-state index is 11.7. The van der Waals surface area contributed by atoms with Gasteiger partial charge in [-0.25, -0.2) is 0 Å². The van der Waals surface area contributed by atoms with Gasteiger partial charge in [-0.15, -0.1) is 0 Å². The topological polar surface area (TPSA) is 43.2 Å². The first-order valence-electron chi connectivity index (χ1n) is 4.22. The Kier molecular flexibility index (Phi) is 2.32. The Morgan fingerprint density at radius 2 is 2.29 bits per heavy atom. The number of halogens is 1. The molecule has 70 valence electrons. The number of ketones is 1. The molecule has 0 aromatic carbocycles. The van der Waals surface area contributed by atoms with E-state index in [4.69, 9.17) is 5.41 Å². The van der Waals surface area contributed by atoms with Gasteiger partial charge >= 0.3 is 0 Å². The molecule has 0 atom stereocenters. The van der Waals surface area contributed by atoms with Crippen LogP contribution in [0.5, 0.6) is 0 Å². The van der Waals surface area contributed by atoms with Crippen LogP contribution in [0.2, 0.25) is 0 Å². The zero-order valence-corrected chi connectivity index (χ0v) is 8.91. The predicted octanol–water partition coefficient (Wildman–Crippen LogP) is 1.49. The van der Waals surface area contributed by atoms with Gasteiger partial charge in [0.15, 0.2) is 12.7 Å². The van der Waals surface area contributed by atoms with Crippen molar-refractivity contribution in [2.24, 2.45) is 0 Å². The van der Waals surface area contributed by atoms with E-state index in [9.17, 15) is 4.79 Å². The highest BCUT2D eigenvalue weighted by Crippen LogP contribution is 2.14. The Hall–Kier alpha value is -1.25. The van der Waals surface area contributed by atoms with Crippen LogP contribution in [0.25, 0.3) is 5.41 Å². The van der Waals surface area contributed by atoms with Crippen LogP contribution >= 0.6 is 15.9 Å². The fourth-order valence-corrected chi connectivity index (χ4v) is 1.89. The van der Waals surface area contributed by atoms with Crippen LogP contribution in [0.1, 0.15) is 16.9 Å². The van der Waals surface area contributed by atoms with Crippen LogP contribution in [0, 0.1) is 0 Å². The molecule has 1 aliphatic rings. The first-order chi connectivity index (χ1) is 6.72. The summed E-state index contributed by atoms with van der Waals surface area (Å²) in [5.74, 6) is 1.80. The summed E-state index contributed by atoms with van der Waals surface area (Å²) in [5.41, 5.74) is 0.948. The molecule has 1 aliphatic heterocycles. The maximum atomic E-state index is 11.7. The van der Waals surface area contributed by atoms with Crippen LogP contribution in [-0.2, 0) is 6.54 Å². The number of aromatic nitrogens is 1. The molecule has 1 aromatic rings. The standard InChI is InChI=1S/C10H7BrN2O/c11-8-1-2-9-10(14)7(5-12)3-4-13(9)6-8/h1-2,6H,3-4H2. The van der Waals surface area contributed by atoms with E-state index in [1.165, 1.54) is 0 Å². The van der Waals surface area contributed by atoms with Gasteiger partial charge in [0.05, 0.1) is 4.47 Å². The molecular formula is C10H7BrN2O. The SMILES string of the molecule is [N-]=C=C1CC[n+]2cc(Br)ccc2C1=O. The van der Waals surface area contributed by atoms with Gasteiger partial charge in [-0.05, 0) is 22.0 Å². The summed E-state index contributed by atoms with van der Waals surface area (Å²) in [7, 11) is 0. The maximum Gasteiger partial charge on any atom is 0.258 e. The van der Waals surface area contributed by atoms with Crippen LogP contribution in [0.4, 0.5) is 0 Å². The monoisotopic (exact) mass is 250 g/mol. The third-order valence-electron chi connectivity index (χ3n) is 2.23. The van der Waals surface area contributed by atoms with Crippen LogP contribution < -0.4 is 4.57 Å². The summed E-state index contributed by atoms with van der Waals surface area (Å²) < 4.78 is 2.81. The summed E-state index contributed by atoms with van der Waals surface area (Å²) in [6.07, 6.45) is 2.39. The molecule has 3 nitrogen and oxygen atoms in total. The molecule has 0 radical (unpaired) electrons. The summed E-state index contributed by atoms with van der Waals surface area (Å²) in [5, 5.41) is 8.72. The highest BCUT2D eigenvalue weighted by atomic mass is 79.9. The van der Waals surface area contributed by atoms with Crippen molar-refractivity contribution in [3.8, 4) is 0 Å². The van der Waals surface area contributed by atoms with E-state index in [0.29, 0.717) is 24.2 Å². The number of nitrogens with zero attached hydrogens (tertiary/aromatic N) is 2. The molecule has 4 heteroatoms. The number of carbonyl (C=O) groups excluding carboxylic acids is 1. The molecular weight excluding hydrogens is 244 g/mol. The first kappa shape index (κ1) is 9.31. The van der Waals surface area contributed by atoms with Gasteiger partial charge in [0.2, 0.25) is 0 Å². The third kappa shape index (κ3) is 1.43. The molecule has 0 bridgehead atoms. The van der Waals surface area contributed by atoms with Crippen molar-refractivity contribution in [3.05, 3.63) is 39.5 Å². The number of hydrogen-bond acceptors (Lipinski definition) is 1. The van der Waals surface area contributed by atoms with Gasteiger partial charge in [0, 0.05) is 18.1 Å². The van der Waals surface area contributed by atoms with Crippen molar-refractivity contribution in [2.45, 2.75) is 13.0 Å². The van der Waals surface area contributed by atoms with Gasteiger partial charge < -0.3 is 5.41 Å². The minimum atomic E-state index is -0.147. The molecule has 0 amide bonds. The lowest BCUT2D eigenvalue weighted by Crippen LogP contribution is -2.44.